The maximum Gasteiger partial charge on any atom is 0.267 e. The van der Waals surface area contributed by atoms with Gasteiger partial charge in [0.2, 0.25) is 5.88 Å². The minimum absolute atomic E-state index is 0.0425. The fourth-order valence-corrected chi connectivity index (χ4v) is 4.62. The van der Waals surface area contributed by atoms with Gasteiger partial charge in [-0.3, -0.25) is 4.72 Å². The molecule has 3 heterocycles. The summed E-state index contributed by atoms with van der Waals surface area (Å²) in [5.41, 5.74) is 0.636. The lowest BCUT2D eigenvalue weighted by Gasteiger charge is -2.14. The van der Waals surface area contributed by atoms with Gasteiger partial charge in [0.05, 0.1) is 30.1 Å². The van der Waals surface area contributed by atoms with Crippen molar-refractivity contribution in [3.8, 4) is 17.7 Å². The molecular formula is C23H19F2N5O4S. The Kier molecular flexibility index (Phi) is 6.52. The number of halogens is 2. The number of ether oxygens (including phenoxy) is 2. The van der Waals surface area contributed by atoms with E-state index in [1.807, 2.05) is 13.1 Å². The Morgan fingerprint density at radius 3 is 2.71 bits per heavy atom. The molecule has 2 N–H and O–H groups in total. The zero-order chi connectivity index (χ0) is 25.2. The van der Waals surface area contributed by atoms with Crippen molar-refractivity contribution in [2.24, 2.45) is 0 Å². The largest absolute Gasteiger partial charge is 0.487 e. The van der Waals surface area contributed by atoms with Crippen LogP contribution in [0.4, 0.5) is 14.5 Å². The second-order valence-electron chi connectivity index (χ2n) is 7.36. The van der Waals surface area contributed by atoms with E-state index in [1.165, 1.54) is 13.3 Å². The third kappa shape index (κ3) is 4.71. The molecule has 1 aromatic carbocycles. The molecule has 0 amide bonds. The van der Waals surface area contributed by atoms with Gasteiger partial charge in [-0.1, -0.05) is 6.92 Å². The lowest BCUT2D eigenvalue weighted by molar-refractivity contribution is 0.292. The highest BCUT2D eigenvalue weighted by Gasteiger charge is 2.25. The smallest absolute Gasteiger partial charge is 0.267 e. The average molecular weight is 499 g/mol. The number of fused-ring (bicyclic) bond motifs is 1. The molecule has 3 aromatic heterocycles. The molecule has 12 heteroatoms. The molecule has 4 aromatic rings. The average Bonchev–Trinajstić information content (AvgIpc) is 3.27. The fourth-order valence-electron chi connectivity index (χ4n) is 3.41. The van der Waals surface area contributed by atoms with Gasteiger partial charge in [-0.25, -0.2) is 27.2 Å². The first-order valence-corrected chi connectivity index (χ1v) is 11.8. The van der Waals surface area contributed by atoms with E-state index in [-0.39, 0.29) is 11.4 Å². The van der Waals surface area contributed by atoms with Crippen LogP contribution in [0.5, 0.6) is 11.6 Å². The van der Waals surface area contributed by atoms with Crippen molar-refractivity contribution >= 4 is 26.7 Å². The molecule has 0 aliphatic rings. The second kappa shape index (κ2) is 9.55. The van der Waals surface area contributed by atoms with Gasteiger partial charge < -0.3 is 14.5 Å². The molecule has 0 atom stereocenters. The molecule has 0 aliphatic carbocycles. The number of anilines is 1. The van der Waals surface area contributed by atoms with Gasteiger partial charge in [-0.2, -0.15) is 5.26 Å². The van der Waals surface area contributed by atoms with Crippen LogP contribution >= 0.6 is 0 Å². The van der Waals surface area contributed by atoms with Gasteiger partial charge in [-0.15, -0.1) is 0 Å². The highest BCUT2D eigenvalue weighted by Crippen LogP contribution is 2.29. The van der Waals surface area contributed by atoms with Crippen LogP contribution in [-0.2, 0) is 23.1 Å². The number of nitrogens with zero attached hydrogens (tertiary/aromatic N) is 3. The van der Waals surface area contributed by atoms with Crippen molar-refractivity contribution in [2.45, 2.75) is 24.8 Å². The number of pyridine rings is 2. The van der Waals surface area contributed by atoms with E-state index in [0.717, 1.165) is 41.8 Å². The van der Waals surface area contributed by atoms with Crippen LogP contribution in [0.25, 0.3) is 11.0 Å². The molecule has 35 heavy (non-hydrogen) atoms. The molecule has 0 saturated carbocycles. The number of hydrogen-bond donors (Lipinski definition) is 2. The number of aromatic amines is 1. The number of benzene rings is 1. The molecule has 180 valence electrons. The van der Waals surface area contributed by atoms with Crippen LogP contribution in [0.1, 0.15) is 23.6 Å². The van der Waals surface area contributed by atoms with Crippen LogP contribution < -0.4 is 14.2 Å². The number of aryl methyl sites for hydroxylation is 1. The van der Waals surface area contributed by atoms with Crippen LogP contribution in [0.15, 0.2) is 47.8 Å². The van der Waals surface area contributed by atoms with E-state index in [2.05, 4.69) is 19.7 Å². The standard InChI is InChI=1S/C23H19F2N5O4S/c1-3-14-10-27-22-16(14)7-15(11-28-22)34-12-17-18(24)4-5-19(21(17)25)30-35(31,32)20-6-13(8-26)9-29-23(20)33-2/h4-7,9-11,30H,3,12H2,1-2H3,(H,27,28). The Bertz CT molecular complexity index is 1560. The Morgan fingerprint density at radius 2 is 2.00 bits per heavy atom. The van der Waals surface area contributed by atoms with Gasteiger partial charge in [0.15, 0.2) is 10.7 Å². The fraction of sp³-hybridized carbons (Fsp3) is 0.174. The summed E-state index contributed by atoms with van der Waals surface area (Å²) < 4.78 is 68.0. The van der Waals surface area contributed by atoms with E-state index in [1.54, 1.807) is 12.1 Å². The summed E-state index contributed by atoms with van der Waals surface area (Å²) in [5.74, 6) is -2.06. The number of aromatic nitrogens is 3. The summed E-state index contributed by atoms with van der Waals surface area (Å²) >= 11 is 0. The Labute approximate surface area is 199 Å². The molecule has 4 rings (SSSR count). The SMILES string of the molecule is CCc1c[nH]c2ncc(OCc3c(F)ccc(NS(=O)(=O)c4cc(C#N)cnc4OC)c3F)cc12. The zero-order valence-corrected chi connectivity index (χ0v) is 19.4. The van der Waals surface area contributed by atoms with E-state index in [9.17, 15) is 12.8 Å². The summed E-state index contributed by atoms with van der Waals surface area (Å²) in [7, 11) is -3.24. The summed E-state index contributed by atoms with van der Waals surface area (Å²) in [6.45, 7) is 1.47. The molecule has 9 nitrogen and oxygen atoms in total. The van der Waals surface area contributed by atoms with Crippen LogP contribution in [0, 0.1) is 23.0 Å². The van der Waals surface area contributed by atoms with Crippen molar-refractivity contribution < 1.29 is 26.7 Å². The number of hydrogen-bond acceptors (Lipinski definition) is 7. The first-order valence-electron chi connectivity index (χ1n) is 10.3. The first kappa shape index (κ1) is 23.9. The topological polar surface area (TPSA) is 130 Å². The van der Waals surface area contributed by atoms with Gasteiger partial charge >= 0.3 is 0 Å². The normalized spacial score (nSPS) is 11.3. The third-order valence-electron chi connectivity index (χ3n) is 5.22. The molecule has 0 aliphatic heterocycles. The Balaban J connectivity index is 1.62. The molecule has 0 spiro atoms. The van der Waals surface area contributed by atoms with Crippen molar-refractivity contribution in [1.82, 2.24) is 15.0 Å². The van der Waals surface area contributed by atoms with Gasteiger partial charge in [-0.05, 0) is 36.2 Å². The van der Waals surface area contributed by atoms with E-state index >= 15 is 4.39 Å². The molecule has 0 unspecified atom stereocenters. The number of nitriles is 1. The highest BCUT2D eigenvalue weighted by atomic mass is 32.2. The molecule has 0 radical (unpaired) electrons. The summed E-state index contributed by atoms with van der Waals surface area (Å²) in [6.07, 6.45) is 5.14. The van der Waals surface area contributed by atoms with Crippen molar-refractivity contribution in [2.75, 3.05) is 11.8 Å². The number of rotatable bonds is 8. The maximum atomic E-state index is 15.2. The molecule has 0 saturated heterocycles. The van der Waals surface area contributed by atoms with Crippen LogP contribution in [0.3, 0.4) is 0 Å². The maximum absolute atomic E-state index is 15.2. The summed E-state index contributed by atoms with van der Waals surface area (Å²) in [6, 6.07) is 6.39. The predicted molar refractivity (Wildman–Crippen MR) is 122 cm³/mol. The summed E-state index contributed by atoms with van der Waals surface area (Å²) in [4.78, 5) is 10.6. The minimum Gasteiger partial charge on any atom is -0.487 e. The van der Waals surface area contributed by atoms with Crippen molar-refractivity contribution in [3.05, 3.63) is 71.2 Å². The van der Waals surface area contributed by atoms with Crippen LogP contribution in [0.2, 0.25) is 0 Å². The Hall–Kier alpha value is -4.24. The monoisotopic (exact) mass is 499 g/mol. The van der Waals surface area contributed by atoms with Crippen molar-refractivity contribution in [1.29, 1.82) is 5.26 Å². The third-order valence-corrected chi connectivity index (χ3v) is 6.58. The molecular weight excluding hydrogens is 480 g/mol. The lowest BCUT2D eigenvalue weighted by Crippen LogP contribution is -2.17. The summed E-state index contributed by atoms with van der Waals surface area (Å²) in [5, 5.41) is 9.88. The number of H-pyrrole nitrogens is 1. The minimum atomic E-state index is -4.44. The van der Waals surface area contributed by atoms with Gasteiger partial charge in [0.25, 0.3) is 10.0 Å². The quantitative estimate of drug-likeness (QED) is 0.374. The molecule has 0 fully saturated rings. The second-order valence-corrected chi connectivity index (χ2v) is 9.01. The van der Waals surface area contributed by atoms with Crippen molar-refractivity contribution in [3.63, 3.8) is 0 Å². The number of sulfonamides is 1. The zero-order valence-electron chi connectivity index (χ0n) is 18.6. The number of nitrogens with one attached hydrogen (secondary N) is 2. The van der Waals surface area contributed by atoms with E-state index < -0.39 is 44.4 Å². The first-order chi connectivity index (χ1) is 16.8. The molecule has 0 bridgehead atoms. The number of methoxy groups -OCH3 is 1. The van der Waals surface area contributed by atoms with E-state index in [4.69, 9.17) is 14.7 Å². The van der Waals surface area contributed by atoms with Crippen LogP contribution in [-0.4, -0.2) is 30.5 Å². The lowest BCUT2D eigenvalue weighted by atomic mass is 10.1. The highest BCUT2D eigenvalue weighted by molar-refractivity contribution is 7.92. The predicted octanol–water partition coefficient (Wildman–Crippen LogP) is 4.06. The Morgan fingerprint density at radius 1 is 1.20 bits per heavy atom. The van der Waals surface area contributed by atoms with E-state index in [0.29, 0.717) is 11.4 Å². The van der Waals surface area contributed by atoms with Gasteiger partial charge in [0, 0.05) is 17.8 Å². The van der Waals surface area contributed by atoms with Gasteiger partial charge in [0.1, 0.15) is 29.9 Å².